The molecule has 0 atom stereocenters. The van der Waals surface area contributed by atoms with Gasteiger partial charge in [-0.2, -0.15) is 0 Å². The molecule has 0 saturated heterocycles. The van der Waals surface area contributed by atoms with Crippen molar-refractivity contribution >= 4 is 34.6 Å². The summed E-state index contributed by atoms with van der Waals surface area (Å²) in [5, 5.41) is 4.27. The highest BCUT2D eigenvalue weighted by Gasteiger charge is 2.20. The van der Waals surface area contributed by atoms with E-state index in [1.54, 1.807) is 12.1 Å². The SMILES string of the molecule is CN(C)C(C)(C)CNc1cc(Cl)c(Cl)cc1N. The van der Waals surface area contributed by atoms with Gasteiger partial charge in [0.25, 0.3) is 0 Å². The first kappa shape index (κ1) is 14.4. The maximum absolute atomic E-state index is 5.96. The minimum atomic E-state index is 0.0263. The van der Waals surface area contributed by atoms with Crippen LogP contribution in [0.5, 0.6) is 0 Å². The van der Waals surface area contributed by atoms with Crippen LogP contribution in [0, 0.1) is 0 Å². The van der Waals surface area contributed by atoms with Gasteiger partial charge in [0.15, 0.2) is 0 Å². The molecule has 0 bridgehead atoms. The van der Waals surface area contributed by atoms with Crippen molar-refractivity contribution in [2.75, 3.05) is 31.7 Å². The first-order valence-corrected chi connectivity index (χ1v) is 6.15. The molecular weight excluding hydrogens is 257 g/mol. The molecule has 3 nitrogen and oxygen atoms in total. The highest BCUT2D eigenvalue weighted by molar-refractivity contribution is 6.42. The molecule has 0 unspecified atom stereocenters. The fourth-order valence-electron chi connectivity index (χ4n) is 1.18. The topological polar surface area (TPSA) is 41.3 Å². The van der Waals surface area contributed by atoms with E-state index in [1.165, 1.54) is 0 Å². The maximum atomic E-state index is 5.96. The molecule has 5 heteroatoms. The van der Waals surface area contributed by atoms with Crippen molar-refractivity contribution < 1.29 is 0 Å². The zero-order valence-corrected chi connectivity index (χ0v) is 12.2. The lowest BCUT2D eigenvalue weighted by atomic mass is 10.0. The van der Waals surface area contributed by atoms with Gasteiger partial charge < -0.3 is 16.0 Å². The van der Waals surface area contributed by atoms with Crippen molar-refractivity contribution in [1.29, 1.82) is 0 Å². The summed E-state index contributed by atoms with van der Waals surface area (Å²) in [5.41, 5.74) is 7.32. The van der Waals surface area contributed by atoms with Crippen molar-refractivity contribution in [1.82, 2.24) is 4.90 Å². The molecule has 0 radical (unpaired) electrons. The number of nitrogens with two attached hydrogens (primary N) is 1. The molecule has 0 amide bonds. The summed E-state index contributed by atoms with van der Waals surface area (Å²) in [4.78, 5) is 2.15. The van der Waals surface area contributed by atoms with E-state index in [-0.39, 0.29) is 5.54 Å². The molecule has 0 fully saturated rings. The second kappa shape index (κ2) is 5.34. The van der Waals surface area contributed by atoms with Gasteiger partial charge in [0.2, 0.25) is 0 Å². The molecule has 0 aromatic heterocycles. The minimum Gasteiger partial charge on any atom is -0.397 e. The van der Waals surface area contributed by atoms with E-state index in [4.69, 9.17) is 28.9 Å². The molecular formula is C12H19Cl2N3. The van der Waals surface area contributed by atoms with Gasteiger partial charge in [-0.05, 0) is 40.1 Å². The number of nitrogens with zero attached hydrogens (tertiary/aromatic N) is 1. The normalized spacial score (nSPS) is 11.9. The molecule has 0 aliphatic carbocycles. The zero-order chi connectivity index (χ0) is 13.2. The van der Waals surface area contributed by atoms with Crippen LogP contribution in [0.15, 0.2) is 12.1 Å². The third kappa shape index (κ3) is 3.66. The van der Waals surface area contributed by atoms with E-state index < -0.39 is 0 Å². The summed E-state index contributed by atoms with van der Waals surface area (Å²) < 4.78 is 0. The molecule has 0 saturated carbocycles. The maximum Gasteiger partial charge on any atom is 0.0614 e. The van der Waals surface area contributed by atoms with Gasteiger partial charge in [-0.15, -0.1) is 0 Å². The lowest BCUT2D eigenvalue weighted by Gasteiger charge is -2.33. The second-order valence-electron chi connectivity index (χ2n) is 4.91. The average Bonchev–Trinajstić information content (AvgIpc) is 2.21. The molecule has 0 aliphatic heterocycles. The predicted molar refractivity (Wildman–Crippen MR) is 77.1 cm³/mol. The number of rotatable bonds is 4. The van der Waals surface area contributed by atoms with E-state index in [0.29, 0.717) is 15.7 Å². The Morgan fingerprint density at radius 1 is 1.24 bits per heavy atom. The molecule has 0 heterocycles. The van der Waals surface area contributed by atoms with E-state index in [1.807, 2.05) is 14.1 Å². The van der Waals surface area contributed by atoms with E-state index in [0.717, 1.165) is 12.2 Å². The smallest absolute Gasteiger partial charge is 0.0614 e. The summed E-state index contributed by atoms with van der Waals surface area (Å²) in [7, 11) is 4.08. The summed E-state index contributed by atoms with van der Waals surface area (Å²) >= 11 is 11.8. The number of anilines is 2. The average molecular weight is 276 g/mol. The number of hydrogen-bond acceptors (Lipinski definition) is 3. The van der Waals surface area contributed by atoms with Crippen molar-refractivity contribution in [2.45, 2.75) is 19.4 Å². The van der Waals surface area contributed by atoms with E-state index >= 15 is 0 Å². The summed E-state index contributed by atoms with van der Waals surface area (Å²) in [6, 6.07) is 3.42. The number of likely N-dealkylation sites (N-methyl/N-ethyl adjacent to an activating group) is 1. The van der Waals surface area contributed by atoms with E-state index in [9.17, 15) is 0 Å². The number of halogens is 2. The van der Waals surface area contributed by atoms with Crippen LogP contribution in [0.2, 0.25) is 10.0 Å². The Bertz CT molecular complexity index is 403. The number of nitrogen functional groups attached to an aromatic ring is 1. The lowest BCUT2D eigenvalue weighted by Crippen LogP contribution is -2.44. The second-order valence-corrected chi connectivity index (χ2v) is 5.73. The highest BCUT2D eigenvalue weighted by atomic mass is 35.5. The Labute approximate surface area is 113 Å². The van der Waals surface area contributed by atoms with Gasteiger partial charge in [0, 0.05) is 12.1 Å². The molecule has 1 rings (SSSR count). The molecule has 17 heavy (non-hydrogen) atoms. The van der Waals surface area contributed by atoms with Crippen LogP contribution >= 0.6 is 23.2 Å². The van der Waals surface area contributed by atoms with Crippen molar-refractivity contribution in [3.63, 3.8) is 0 Å². The molecule has 3 N–H and O–H groups in total. The summed E-state index contributed by atoms with van der Waals surface area (Å²) in [6.07, 6.45) is 0. The van der Waals surface area contributed by atoms with Gasteiger partial charge in [-0.25, -0.2) is 0 Å². The van der Waals surface area contributed by atoms with Crippen LogP contribution in [0.3, 0.4) is 0 Å². The Hall–Kier alpha value is -0.640. The monoisotopic (exact) mass is 275 g/mol. The lowest BCUT2D eigenvalue weighted by molar-refractivity contribution is 0.210. The van der Waals surface area contributed by atoms with Crippen LogP contribution in [0.4, 0.5) is 11.4 Å². The van der Waals surface area contributed by atoms with Crippen LogP contribution in [0.1, 0.15) is 13.8 Å². The Morgan fingerprint density at radius 3 is 2.29 bits per heavy atom. The molecule has 96 valence electrons. The van der Waals surface area contributed by atoms with Crippen LogP contribution in [-0.2, 0) is 0 Å². The largest absolute Gasteiger partial charge is 0.397 e. The standard InChI is InChI=1S/C12H19Cl2N3/c1-12(2,17(3)4)7-16-11-6-9(14)8(13)5-10(11)15/h5-6,16H,7,15H2,1-4H3. The quantitative estimate of drug-likeness (QED) is 0.829. The van der Waals surface area contributed by atoms with Crippen molar-refractivity contribution in [2.24, 2.45) is 0 Å². The van der Waals surface area contributed by atoms with Gasteiger partial charge in [-0.1, -0.05) is 23.2 Å². The van der Waals surface area contributed by atoms with Gasteiger partial charge in [0.1, 0.15) is 0 Å². The van der Waals surface area contributed by atoms with Gasteiger partial charge in [0.05, 0.1) is 21.4 Å². The Balaban J connectivity index is 2.80. The predicted octanol–water partition coefficient (Wildman–Crippen LogP) is 3.33. The third-order valence-electron chi connectivity index (χ3n) is 3.01. The third-order valence-corrected chi connectivity index (χ3v) is 3.74. The van der Waals surface area contributed by atoms with E-state index in [2.05, 4.69) is 24.1 Å². The van der Waals surface area contributed by atoms with Crippen LogP contribution in [0.25, 0.3) is 0 Å². The van der Waals surface area contributed by atoms with Crippen molar-refractivity contribution in [3.8, 4) is 0 Å². The zero-order valence-electron chi connectivity index (χ0n) is 10.6. The van der Waals surface area contributed by atoms with Crippen LogP contribution < -0.4 is 11.1 Å². The molecule has 0 aliphatic rings. The molecule has 0 spiro atoms. The summed E-state index contributed by atoms with van der Waals surface area (Å²) in [5.74, 6) is 0. The first-order valence-electron chi connectivity index (χ1n) is 5.40. The first-order chi connectivity index (χ1) is 7.74. The molecule has 1 aromatic carbocycles. The number of hydrogen-bond donors (Lipinski definition) is 2. The van der Waals surface area contributed by atoms with Crippen molar-refractivity contribution in [3.05, 3.63) is 22.2 Å². The minimum absolute atomic E-state index is 0.0263. The van der Waals surface area contributed by atoms with Gasteiger partial charge >= 0.3 is 0 Å². The fourth-order valence-corrected chi connectivity index (χ4v) is 1.52. The Morgan fingerprint density at radius 2 is 1.76 bits per heavy atom. The number of benzene rings is 1. The van der Waals surface area contributed by atoms with Crippen LogP contribution in [-0.4, -0.2) is 31.1 Å². The summed E-state index contributed by atoms with van der Waals surface area (Å²) in [6.45, 7) is 5.06. The Kier molecular flexibility index (Phi) is 4.53. The van der Waals surface area contributed by atoms with Gasteiger partial charge in [-0.3, -0.25) is 0 Å². The molecule has 1 aromatic rings. The highest BCUT2D eigenvalue weighted by Crippen LogP contribution is 2.31. The number of nitrogens with one attached hydrogen (secondary N) is 1. The fraction of sp³-hybridized carbons (Fsp3) is 0.500.